The third-order valence-electron chi connectivity index (χ3n) is 3.88. The number of amides is 1. The average Bonchev–Trinajstić information content (AvgIpc) is 2.63. The molecule has 0 aliphatic rings. The number of aromatic nitrogens is 1. The second kappa shape index (κ2) is 8.11. The van der Waals surface area contributed by atoms with Crippen LogP contribution in [-0.4, -0.2) is 17.4 Å². The van der Waals surface area contributed by atoms with Gasteiger partial charge in [-0.3, -0.25) is 4.79 Å². The summed E-state index contributed by atoms with van der Waals surface area (Å²) in [5.74, 6) is 0.435. The first kappa shape index (κ1) is 16.7. The molecule has 0 aliphatic heterocycles. The van der Waals surface area contributed by atoms with E-state index in [1.807, 2.05) is 49.4 Å². The largest absolute Gasteiger partial charge is 0.369 e. The third-order valence-corrected chi connectivity index (χ3v) is 3.88. The third kappa shape index (κ3) is 4.67. The molecule has 0 fully saturated rings. The number of carbonyl (C=O) groups is 1. The number of pyridine rings is 1. The Morgan fingerprint density at radius 2 is 1.84 bits per heavy atom. The normalized spacial score (nSPS) is 10.3. The van der Waals surface area contributed by atoms with Gasteiger partial charge in [-0.2, -0.15) is 0 Å². The van der Waals surface area contributed by atoms with Gasteiger partial charge in [-0.05, 0) is 48.7 Å². The number of benzene rings is 2. The van der Waals surface area contributed by atoms with Crippen molar-refractivity contribution in [2.24, 2.45) is 0 Å². The molecule has 0 unspecified atom stereocenters. The molecule has 4 nitrogen and oxygen atoms in total. The molecule has 0 saturated carbocycles. The number of hydrogen-bond acceptors (Lipinski definition) is 3. The minimum absolute atomic E-state index is 0.166. The van der Waals surface area contributed by atoms with Gasteiger partial charge in [0.2, 0.25) is 0 Å². The molecular formula is C21H21N3O. The van der Waals surface area contributed by atoms with Crippen LogP contribution < -0.4 is 10.6 Å². The fraction of sp³-hybridized carbons (Fsp3) is 0.143. The van der Waals surface area contributed by atoms with E-state index in [4.69, 9.17) is 0 Å². The minimum Gasteiger partial charge on any atom is -0.369 e. The Labute approximate surface area is 147 Å². The van der Waals surface area contributed by atoms with Crippen LogP contribution in [0.5, 0.6) is 0 Å². The zero-order valence-corrected chi connectivity index (χ0v) is 14.2. The van der Waals surface area contributed by atoms with Gasteiger partial charge in [0.15, 0.2) is 0 Å². The molecule has 0 radical (unpaired) electrons. The molecule has 1 aromatic heterocycles. The molecule has 1 amide bonds. The highest BCUT2D eigenvalue weighted by molar-refractivity contribution is 6.07. The fourth-order valence-corrected chi connectivity index (χ4v) is 2.62. The maximum atomic E-state index is 12.6. The maximum absolute atomic E-state index is 12.6. The number of hydrogen-bond donors (Lipinski definition) is 2. The second-order valence-electron chi connectivity index (χ2n) is 5.89. The van der Waals surface area contributed by atoms with Crippen LogP contribution in [-0.2, 0) is 6.42 Å². The molecular weight excluding hydrogens is 310 g/mol. The van der Waals surface area contributed by atoms with E-state index in [-0.39, 0.29) is 5.91 Å². The molecule has 0 aliphatic carbocycles. The molecule has 0 atom stereocenters. The lowest BCUT2D eigenvalue weighted by Gasteiger charge is -2.11. The Hall–Kier alpha value is -3.14. The zero-order chi connectivity index (χ0) is 17.5. The SMILES string of the molecule is Cc1cccc(NC(=O)c2cccnc2NCCc2ccccc2)c1. The summed E-state index contributed by atoms with van der Waals surface area (Å²) in [6, 6.07) is 21.5. The van der Waals surface area contributed by atoms with Crippen LogP contribution in [0, 0.1) is 6.92 Å². The van der Waals surface area contributed by atoms with Crippen molar-refractivity contribution in [1.29, 1.82) is 0 Å². The standard InChI is InChI=1S/C21H21N3O/c1-16-7-5-10-18(15-16)24-21(25)19-11-6-13-22-20(19)23-14-12-17-8-3-2-4-9-17/h2-11,13,15H,12,14H2,1H3,(H,22,23)(H,24,25). The predicted molar refractivity (Wildman–Crippen MR) is 102 cm³/mol. The number of nitrogens with one attached hydrogen (secondary N) is 2. The molecule has 4 heteroatoms. The highest BCUT2D eigenvalue weighted by Crippen LogP contribution is 2.16. The van der Waals surface area contributed by atoms with Crippen LogP contribution in [0.25, 0.3) is 0 Å². The fourth-order valence-electron chi connectivity index (χ4n) is 2.62. The smallest absolute Gasteiger partial charge is 0.259 e. The van der Waals surface area contributed by atoms with E-state index in [1.54, 1.807) is 18.3 Å². The summed E-state index contributed by atoms with van der Waals surface area (Å²) in [4.78, 5) is 16.9. The van der Waals surface area contributed by atoms with Crippen molar-refractivity contribution < 1.29 is 4.79 Å². The quantitative estimate of drug-likeness (QED) is 0.708. The van der Waals surface area contributed by atoms with E-state index in [1.165, 1.54) is 5.56 Å². The minimum atomic E-state index is -0.166. The van der Waals surface area contributed by atoms with E-state index in [0.29, 0.717) is 17.9 Å². The Kier molecular flexibility index (Phi) is 5.42. The summed E-state index contributed by atoms with van der Waals surface area (Å²) in [5, 5.41) is 6.20. The van der Waals surface area contributed by atoms with Crippen molar-refractivity contribution in [2.75, 3.05) is 17.2 Å². The maximum Gasteiger partial charge on any atom is 0.259 e. The molecule has 126 valence electrons. The number of aryl methyl sites for hydroxylation is 1. The van der Waals surface area contributed by atoms with E-state index in [9.17, 15) is 4.79 Å². The molecule has 0 spiro atoms. The summed E-state index contributed by atoms with van der Waals surface area (Å²) in [6.45, 7) is 2.71. The summed E-state index contributed by atoms with van der Waals surface area (Å²) in [7, 11) is 0. The highest BCUT2D eigenvalue weighted by atomic mass is 16.1. The number of rotatable bonds is 6. The summed E-state index contributed by atoms with van der Waals surface area (Å²) >= 11 is 0. The second-order valence-corrected chi connectivity index (χ2v) is 5.89. The Balaban J connectivity index is 1.66. The van der Waals surface area contributed by atoms with Gasteiger partial charge in [0.25, 0.3) is 5.91 Å². The van der Waals surface area contributed by atoms with Crippen LogP contribution in [0.1, 0.15) is 21.5 Å². The monoisotopic (exact) mass is 331 g/mol. The first-order chi connectivity index (χ1) is 12.2. The molecule has 3 aromatic rings. The van der Waals surface area contributed by atoms with Gasteiger partial charge in [0.05, 0.1) is 5.56 Å². The summed E-state index contributed by atoms with van der Waals surface area (Å²) < 4.78 is 0. The van der Waals surface area contributed by atoms with E-state index in [0.717, 1.165) is 17.7 Å². The Morgan fingerprint density at radius 1 is 1.00 bits per heavy atom. The number of nitrogens with zero attached hydrogens (tertiary/aromatic N) is 1. The van der Waals surface area contributed by atoms with E-state index < -0.39 is 0 Å². The van der Waals surface area contributed by atoms with Crippen molar-refractivity contribution in [3.05, 3.63) is 89.6 Å². The Morgan fingerprint density at radius 3 is 2.64 bits per heavy atom. The molecule has 1 heterocycles. The van der Waals surface area contributed by atoms with Gasteiger partial charge in [0.1, 0.15) is 5.82 Å². The van der Waals surface area contributed by atoms with Crippen LogP contribution in [0.2, 0.25) is 0 Å². The summed E-state index contributed by atoms with van der Waals surface area (Å²) in [5.41, 5.74) is 3.67. The molecule has 3 rings (SSSR count). The topological polar surface area (TPSA) is 54.0 Å². The van der Waals surface area contributed by atoms with Crippen molar-refractivity contribution in [2.45, 2.75) is 13.3 Å². The first-order valence-corrected chi connectivity index (χ1v) is 8.33. The number of carbonyl (C=O) groups excluding carboxylic acids is 1. The van der Waals surface area contributed by atoms with Crippen molar-refractivity contribution in [3.8, 4) is 0 Å². The van der Waals surface area contributed by atoms with Crippen LogP contribution in [0.4, 0.5) is 11.5 Å². The molecule has 2 N–H and O–H groups in total. The summed E-state index contributed by atoms with van der Waals surface area (Å²) in [6.07, 6.45) is 2.56. The van der Waals surface area contributed by atoms with Gasteiger partial charge in [-0.1, -0.05) is 42.5 Å². The van der Waals surface area contributed by atoms with Crippen molar-refractivity contribution >= 4 is 17.4 Å². The highest BCUT2D eigenvalue weighted by Gasteiger charge is 2.12. The molecule has 2 aromatic carbocycles. The van der Waals surface area contributed by atoms with Crippen LogP contribution in [0.15, 0.2) is 72.9 Å². The predicted octanol–water partition coefficient (Wildman–Crippen LogP) is 4.30. The van der Waals surface area contributed by atoms with Crippen LogP contribution in [0.3, 0.4) is 0 Å². The van der Waals surface area contributed by atoms with E-state index in [2.05, 4.69) is 27.8 Å². The van der Waals surface area contributed by atoms with Crippen molar-refractivity contribution in [3.63, 3.8) is 0 Å². The average molecular weight is 331 g/mol. The van der Waals surface area contributed by atoms with Crippen molar-refractivity contribution in [1.82, 2.24) is 4.98 Å². The number of anilines is 2. The van der Waals surface area contributed by atoms with Gasteiger partial charge in [-0.25, -0.2) is 4.98 Å². The van der Waals surface area contributed by atoms with Crippen LogP contribution >= 0.6 is 0 Å². The van der Waals surface area contributed by atoms with E-state index >= 15 is 0 Å². The first-order valence-electron chi connectivity index (χ1n) is 8.33. The lowest BCUT2D eigenvalue weighted by atomic mass is 10.1. The molecule has 25 heavy (non-hydrogen) atoms. The lowest BCUT2D eigenvalue weighted by molar-refractivity contribution is 0.102. The molecule has 0 bridgehead atoms. The van der Waals surface area contributed by atoms with Gasteiger partial charge >= 0.3 is 0 Å². The van der Waals surface area contributed by atoms with Gasteiger partial charge in [-0.15, -0.1) is 0 Å². The van der Waals surface area contributed by atoms with Gasteiger partial charge < -0.3 is 10.6 Å². The lowest BCUT2D eigenvalue weighted by Crippen LogP contribution is -2.16. The van der Waals surface area contributed by atoms with Gasteiger partial charge in [0, 0.05) is 18.4 Å². The molecule has 0 saturated heterocycles. The Bertz CT molecular complexity index is 847. The zero-order valence-electron chi connectivity index (χ0n) is 14.2.